The third-order valence-corrected chi connectivity index (χ3v) is 3.19. The largest absolute Gasteiger partial charge is 0.496 e. The van der Waals surface area contributed by atoms with Gasteiger partial charge >= 0.3 is 0 Å². The number of aromatic amines is 1. The van der Waals surface area contributed by atoms with Crippen LogP contribution in [0.2, 0.25) is 5.02 Å². The van der Waals surface area contributed by atoms with E-state index in [-0.39, 0.29) is 6.61 Å². The highest BCUT2D eigenvalue weighted by atomic mass is 79.9. The van der Waals surface area contributed by atoms with Gasteiger partial charge in [0.05, 0.1) is 25.0 Å². The number of methoxy groups -OCH3 is 1. The van der Waals surface area contributed by atoms with Gasteiger partial charge in [0, 0.05) is 5.02 Å². The molecule has 1 aromatic carbocycles. The maximum absolute atomic E-state index is 9.10. The molecule has 1 aromatic heterocycles. The number of ether oxygens (including phenoxy) is 1. The van der Waals surface area contributed by atoms with E-state index in [1.54, 1.807) is 25.3 Å². The van der Waals surface area contributed by atoms with Crippen LogP contribution in [0.4, 0.5) is 0 Å². The highest BCUT2D eigenvalue weighted by molar-refractivity contribution is 9.10. The zero-order valence-electron chi connectivity index (χ0n) is 9.00. The van der Waals surface area contributed by atoms with Gasteiger partial charge in [-0.25, -0.2) is 4.98 Å². The Kier molecular flexibility index (Phi) is 3.71. The Labute approximate surface area is 112 Å². The normalized spacial score (nSPS) is 10.6. The molecule has 4 nitrogen and oxygen atoms in total. The zero-order chi connectivity index (χ0) is 12.4. The van der Waals surface area contributed by atoms with E-state index in [9.17, 15) is 0 Å². The number of imidazole rings is 1. The number of rotatable bonds is 3. The van der Waals surface area contributed by atoms with Crippen molar-refractivity contribution >= 4 is 27.5 Å². The van der Waals surface area contributed by atoms with Gasteiger partial charge in [-0.2, -0.15) is 0 Å². The maximum atomic E-state index is 9.10. The van der Waals surface area contributed by atoms with E-state index in [2.05, 4.69) is 25.9 Å². The van der Waals surface area contributed by atoms with Gasteiger partial charge in [0.1, 0.15) is 16.2 Å². The van der Waals surface area contributed by atoms with Crippen LogP contribution in [-0.4, -0.2) is 22.2 Å². The number of nitrogens with one attached hydrogen (secondary N) is 1. The van der Waals surface area contributed by atoms with Crippen molar-refractivity contribution < 1.29 is 9.84 Å². The van der Waals surface area contributed by atoms with Crippen molar-refractivity contribution in [2.75, 3.05) is 7.11 Å². The fourth-order valence-electron chi connectivity index (χ4n) is 1.49. The lowest BCUT2D eigenvalue weighted by molar-refractivity contribution is 0.276. The van der Waals surface area contributed by atoms with Crippen LogP contribution in [0.5, 0.6) is 5.75 Å². The van der Waals surface area contributed by atoms with Crippen LogP contribution in [0.3, 0.4) is 0 Å². The number of aromatic nitrogens is 2. The van der Waals surface area contributed by atoms with Crippen LogP contribution < -0.4 is 4.74 Å². The molecule has 0 amide bonds. The molecule has 0 saturated carbocycles. The Balaban J connectivity index is 2.54. The number of halogens is 2. The minimum atomic E-state index is -0.115. The second-order valence-electron chi connectivity index (χ2n) is 3.36. The minimum Gasteiger partial charge on any atom is -0.496 e. The molecule has 0 aliphatic carbocycles. The van der Waals surface area contributed by atoms with Crippen LogP contribution in [0.25, 0.3) is 11.4 Å². The van der Waals surface area contributed by atoms with Crippen molar-refractivity contribution in [2.45, 2.75) is 6.61 Å². The number of nitrogens with zero attached hydrogens (tertiary/aromatic N) is 1. The molecule has 2 rings (SSSR count). The van der Waals surface area contributed by atoms with E-state index in [1.807, 2.05) is 0 Å². The van der Waals surface area contributed by atoms with Crippen molar-refractivity contribution in [3.63, 3.8) is 0 Å². The molecule has 90 valence electrons. The third-order valence-electron chi connectivity index (χ3n) is 2.30. The van der Waals surface area contributed by atoms with E-state index in [4.69, 9.17) is 21.4 Å². The molecule has 0 spiro atoms. The number of aliphatic hydroxyl groups is 1. The summed E-state index contributed by atoms with van der Waals surface area (Å²) in [6, 6.07) is 5.27. The van der Waals surface area contributed by atoms with Crippen molar-refractivity contribution in [1.29, 1.82) is 0 Å². The Morgan fingerprint density at radius 2 is 2.29 bits per heavy atom. The highest BCUT2D eigenvalue weighted by Gasteiger charge is 2.13. The van der Waals surface area contributed by atoms with Gasteiger partial charge in [0.2, 0.25) is 0 Å². The smallest absolute Gasteiger partial charge is 0.142 e. The standard InChI is InChI=1S/C11H10BrClN2O2/c1-17-9-3-2-6(13)4-7(9)11-14-8(5-16)10(12)15-11/h2-4,16H,5H2,1H3,(H,14,15). The molecular weight excluding hydrogens is 307 g/mol. The molecule has 2 aromatic rings. The summed E-state index contributed by atoms with van der Waals surface area (Å²) >= 11 is 9.21. The van der Waals surface area contributed by atoms with Crippen molar-refractivity contribution in [1.82, 2.24) is 9.97 Å². The summed E-state index contributed by atoms with van der Waals surface area (Å²) in [5.74, 6) is 1.26. The average Bonchev–Trinajstić information content (AvgIpc) is 2.70. The molecule has 0 unspecified atom stereocenters. The number of H-pyrrole nitrogens is 1. The first-order valence-corrected chi connectivity index (χ1v) is 6.02. The summed E-state index contributed by atoms with van der Waals surface area (Å²) in [6.07, 6.45) is 0. The van der Waals surface area contributed by atoms with E-state index >= 15 is 0 Å². The molecule has 0 aliphatic heterocycles. The molecule has 0 atom stereocenters. The second kappa shape index (κ2) is 5.08. The summed E-state index contributed by atoms with van der Waals surface area (Å²) in [7, 11) is 1.58. The van der Waals surface area contributed by atoms with Crippen LogP contribution >= 0.6 is 27.5 Å². The van der Waals surface area contributed by atoms with Gasteiger partial charge in [-0.15, -0.1) is 0 Å². The van der Waals surface area contributed by atoms with Crippen molar-refractivity contribution in [3.8, 4) is 17.1 Å². The molecule has 0 bridgehead atoms. The Morgan fingerprint density at radius 3 is 2.88 bits per heavy atom. The fourth-order valence-corrected chi connectivity index (χ4v) is 2.06. The summed E-state index contributed by atoms with van der Waals surface area (Å²) in [4.78, 5) is 7.27. The van der Waals surface area contributed by atoms with Gasteiger partial charge in [-0.3, -0.25) is 0 Å². The van der Waals surface area contributed by atoms with Crippen LogP contribution in [0.1, 0.15) is 5.69 Å². The van der Waals surface area contributed by atoms with E-state index in [1.165, 1.54) is 0 Å². The molecule has 0 fully saturated rings. The monoisotopic (exact) mass is 316 g/mol. The molecule has 1 heterocycles. The van der Waals surface area contributed by atoms with Gasteiger partial charge in [0.25, 0.3) is 0 Å². The van der Waals surface area contributed by atoms with Gasteiger partial charge in [-0.1, -0.05) is 11.6 Å². The Bertz CT molecular complexity index is 542. The number of hydrogen-bond donors (Lipinski definition) is 2. The topological polar surface area (TPSA) is 58.1 Å². The number of hydrogen-bond acceptors (Lipinski definition) is 3. The Hall–Kier alpha value is -1.04. The first-order valence-electron chi connectivity index (χ1n) is 4.85. The summed E-state index contributed by atoms with van der Waals surface area (Å²) < 4.78 is 5.82. The van der Waals surface area contributed by atoms with Crippen LogP contribution in [0, 0.1) is 0 Å². The van der Waals surface area contributed by atoms with Gasteiger partial charge in [-0.05, 0) is 34.1 Å². The number of aliphatic hydroxyl groups excluding tert-OH is 1. The molecule has 17 heavy (non-hydrogen) atoms. The van der Waals surface area contributed by atoms with E-state index < -0.39 is 0 Å². The lowest BCUT2D eigenvalue weighted by atomic mass is 10.2. The first-order chi connectivity index (χ1) is 8.15. The first kappa shape index (κ1) is 12.4. The van der Waals surface area contributed by atoms with E-state index in [0.29, 0.717) is 26.9 Å². The average molecular weight is 318 g/mol. The zero-order valence-corrected chi connectivity index (χ0v) is 11.3. The maximum Gasteiger partial charge on any atom is 0.142 e. The second-order valence-corrected chi connectivity index (χ2v) is 4.55. The lowest BCUT2D eigenvalue weighted by Crippen LogP contribution is -1.90. The minimum absolute atomic E-state index is 0.115. The van der Waals surface area contributed by atoms with E-state index in [0.717, 1.165) is 5.56 Å². The van der Waals surface area contributed by atoms with Crippen LogP contribution in [0.15, 0.2) is 22.8 Å². The predicted octanol–water partition coefficient (Wildman–Crippen LogP) is 2.99. The summed E-state index contributed by atoms with van der Waals surface area (Å²) in [5, 5.41) is 9.70. The highest BCUT2D eigenvalue weighted by Crippen LogP contribution is 2.32. The Morgan fingerprint density at radius 1 is 1.53 bits per heavy atom. The van der Waals surface area contributed by atoms with Crippen molar-refractivity contribution in [3.05, 3.63) is 33.5 Å². The lowest BCUT2D eigenvalue weighted by Gasteiger charge is -2.06. The van der Waals surface area contributed by atoms with Gasteiger partial charge in [0.15, 0.2) is 0 Å². The van der Waals surface area contributed by atoms with Gasteiger partial charge < -0.3 is 14.8 Å². The van der Waals surface area contributed by atoms with Crippen molar-refractivity contribution in [2.24, 2.45) is 0 Å². The summed E-state index contributed by atoms with van der Waals surface area (Å²) in [6.45, 7) is -0.115. The van der Waals surface area contributed by atoms with Crippen LogP contribution in [-0.2, 0) is 6.61 Å². The molecular formula is C11H10BrClN2O2. The third kappa shape index (κ3) is 2.46. The summed E-state index contributed by atoms with van der Waals surface area (Å²) in [5.41, 5.74) is 1.36. The molecule has 6 heteroatoms. The fraction of sp³-hybridized carbons (Fsp3) is 0.182. The molecule has 0 radical (unpaired) electrons. The SMILES string of the molecule is COc1ccc(Cl)cc1-c1nc(Br)c(CO)[nH]1. The molecule has 0 aliphatic rings. The molecule has 0 saturated heterocycles. The predicted molar refractivity (Wildman–Crippen MR) is 69.2 cm³/mol. The molecule has 2 N–H and O–H groups in total. The quantitative estimate of drug-likeness (QED) is 0.915. The number of benzene rings is 1.